The van der Waals surface area contributed by atoms with Crippen molar-refractivity contribution in [1.82, 2.24) is 9.80 Å². The van der Waals surface area contributed by atoms with Gasteiger partial charge in [0.25, 0.3) is 0 Å². The molecule has 1 rings (SSSR count). The van der Waals surface area contributed by atoms with Crippen LogP contribution in [0.25, 0.3) is 0 Å². The van der Waals surface area contributed by atoms with Gasteiger partial charge in [-0.15, -0.1) is 0 Å². The molecule has 0 saturated carbocycles. The minimum Gasteiger partial charge on any atom is -0.306 e. The first kappa shape index (κ1) is 11.0. The monoisotopic (exact) mass is 184 g/mol. The second-order valence-corrected chi connectivity index (χ2v) is 4.48. The molecule has 0 aromatic heterocycles. The van der Waals surface area contributed by atoms with Crippen LogP contribution >= 0.6 is 0 Å². The molecule has 2 nitrogen and oxygen atoms in total. The molecule has 1 saturated heterocycles. The minimum atomic E-state index is 0.743. The zero-order valence-electron chi connectivity index (χ0n) is 9.58. The van der Waals surface area contributed by atoms with Crippen LogP contribution in [0.3, 0.4) is 0 Å². The van der Waals surface area contributed by atoms with Crippen molar-refractivity contribution in [2.24, 2.45) is 5.92 Å². The largest absolute Gasteiger partial charge is 0.306 e. The summed E-state index contributed by atoms with van der Waals surface area (Å²) in [7, 11) is 4.48. The summed E-state index contributed by atoms with van der Waals surface area (Å²) in [4.78, 5) is 4.93. The summed E-state index contributed by atoms with van der Waals surface area (Å²) in [5, 5.41) is 0. The van der Waals surface area contributed by atoms with E-state index in [1.807, 2.05) is 0 Å². The summed E-state index contributed by atoms with van der Waals surface area (Å²) in [5.41, 5.74) is 0. The molecule has 1 heterocycles. The van der Waals surface area contributed by atoms with E-state index in [-0.39, 0.29) is 0 Å². The third-order valence-electron chi connectivity index (χ3n) is 3.54. The highest BCUT2D eigenvalue weighted by Gasteiger charge is 2.24. The van der Waals surface area contributed by atoms with Crippen molar-refractivity contribution in [2.45, 2.75) is 32.7 Å². The van der Waals surface area contributed by atoms with Crippen LogP contribution in [-0.4, -0.2) is 49.6 Å². The van der Waals surface area contributed by atoms with Crippen molar-refractivity contribution >= 4 is 0 Å². The number of likely N-dealkylation sites (tertiary alicyclic amines) is 1. The van der Waals surface area contributed by atoms with Gasteiger partial charge in [0.05, 0.1) is 0 Å². The Hall–Kier alpha value is -0.0800. The molecule has 1 aliphatic rings. The number of rotatable bonds is 3. The third-order valence-corrected chi connectivity index (χ3v) is 3.54. The van der Waals surface area contributed by atoms with Gasteiger partial charge in [-0.3, -0.25) is 0 Å². The van der Waals surface area contributed by atoms with Gasteiger partial charge in [0.1, 0.15) is 0 Å². The zero-order chi connectivity index (χ0) is 9.84. The van der Waals surface area contributed by atoms with E-state index in [2.05, 4.69) is 37.7 Å². The van der Waals surface area contributed by atoms with Crippen LogP contribution in [0.2, 0.25) is 0 Å². The van der Waals surface area contributed by atoms with Gasteiger partial charge in [0.2, 0.25) is 0 Å². The molecule has 1 aliphatic heterocycles. The molecule has 13 heavy (non-hydrogen) atoms. The number of piperidine rings is 1. The highest BCUT2D eigenvalue weighted by molar-refractivity contribution is 4.79. The number of nitrogens with zero attached hydrogens (tertiary/aromatic N) is 2. The maximum absolute atomic E-state index is 2.47. The molecule has 0 spiro atoms. The normalized spacial score (nSPS) is 27.9. The lowest BCUT2D eigenvalue weighted by Gasteiger charge is -2.37. The van der Waals surface area contributed by atoms with Gasteiger partial charge in [-0.25, -0.2) is 0 Å². The molecule has 0 radical (unpaired) electrons. The summed E-state index contributed by atoms with van der Waals surface area (Å²) in [6.07, 6.45) is 2.79. The molecule has 0 aliphatic carbocycles. The Morgan fingerprint density at radius 1 is 1.54 bits per heavy atom. The van der Waals surface area contributed by atoms with E-state index in [0.29, 0.717) is 0 Å². The Morgan fingerprint density at radius 2 is 2.23 bits per heavy atom. The predicted molar refractivity (Wildman–Crippen MR) is 58.0 cm³/mol. The molecule has 2 heteroatoms. The summed E-state index contributed by atoms with van der Waals surface area (Å²) in [6.45, 7) is 8.35. The first-order chi connectivity index (χ1) is 6.15. The highest BCUT2D eigenvalue weighted by atomic mass is 15.2. The van der Waals surface area contributed by atoms with Crippen LogP contribution in [-0.2, 0) is 0 Å². The summed E-state index contributed by atoms with van der Waals surface area (Å²) in [5.74, 6) is 0.878. The molecule has 78 valence electrons. The van der Waals surface area contributed by atoms with Crippen molar-refractivity contribution in [3.63, 3.8) is 0 Å². The van der Waals surface area contributed by atoms with Gasteiger partial charge in [-0.1, -0.05) is 6.92 Å². The fraction of sp³-hybridized carbons (Fsp3) is 1.00. The molecule has 0 N–H and O–H groups in total. The standard InChI is InChI=1S/C11H24N2/c1-5-13(4)10(2)11-7-6-8-12(3)9-11/h10-11H,5-9H2,1-4H3. The van der Waals surface area contributed by atoms with Crippen LogP contribution in [0.1, 0.15) is 26.7 Å². The van der Waals surface area contributed by atoms with Crippen molar-refractivity contribution in [1.29, 1.82) is 0 Å². The van der Waals surface area contributed by atoms with E-state index < -0.39 is 0 Å². The highest BCUT2D eigenvalue weighted by Crippen LogP contribution is 2.21. The van der Waals surface area contributed by atoms with Crippen molar-refractivity contribution in [3.8, 4) is 0 Å². The Kier molecular flexibility index (Phi) is 4.20. The quantitative estimate of drug-likeness (QED) is 0.658. The van der Waals surface area contributed by atoms with Gasteiger partial charge >= 0.3 is 0 Å². The van der Waals surface area contributed by atoms with E-state index in [1.54, 1.807) is 0 Å². The minimum absolute atomic E-state index is 0.743. The second kappa shape index (κ2) is 4.97. The van der Waals surface area contributed by atoms with Gasteiger partial charge in [0.15, 0.2) is 0 Å². The lowest BCUT2D eigenvalue weighted by molar-refractivity contribution is 0.120. The van der Waals surface area contributed by atoms with E-state index in [1.165, 1.54) is 32.5 Å². The molecule has 0 bridgehead atoms. The van der Waals surface area contributed by atoms with Crippen LogP contribution in [0.15, 0.2) is 0 Å². The lowest BCUT2D eigenvalue weighted by atomic mass is 9.91. The molecule has 0 amide bonds. The van der Waals surface area contributed by atoms with E-state index in [4.69, 9.17) is 0 Å². The molecular weight excluding hydrogens is 160 g/mol. The van der Waals surface area contributed by atoms with Crippen LogP contribution in [0.4, 0.5) is 0 Å². The molecule has 2 atom stereocenters. The van der Waals surface area contributed by atoms with Crippen molar-refractivity contribution < 1.29 is 0 Å². The lowest BCUT2D eigenvalue weighted by Crippen LogP contribution is -2.43. The zero-order valence-corrected chi connectivity index (χ0v) is 9.58. The average Bonchev–Trinajstić information content (AvgIpc) is 2.15. The SMILES string of the molecule is CCN(C)C(C)C1CCCN(C)C1. The van der Waals surface area contributed by atoms with E-state index >= 15 is 0 Å². The maximum Gasteiger partial charge on any atom is 0.0104 e. The molecule has 0 aromatic carbocycles. The summed E-state index contributed by atoms with van der Waals surface area (Å²) >= 11 is 0. The van der Waals surface area contributed by atoms with E-state index in [0.717, 1.165) is 12.0 Å². The van der Waals surface area contributed by atoms with Crippen molar-refractivity contribution in [2.75, 3.05) is 33.7 Å². The van der Waals surface area contributed by atoms with Gasteiger partial charge in [0, 0.05) is 12.6 Å². The Bertz CT molecular complexity index is 147. The predicted octanol–water partition coefficient (Wildman–Crippen LogP) is 1.67. The van der Waals surface area contributed by atoms with Crippen LogP contribution in [0.5, 0.6) is 0 Å². The Morgan fingerprint density at radius 3 is 2.77 bits per heavy atom. The van der Waals surface area contributed by atoms with Crippen LogP contribution < -0.4 is 0 Å². The van der Waals surface area contributed by atoms with Gasteiger partial charge in [-0.2, -0.15) is 0 Å². The smallest absolute Gasteiger partial charge is 0.0104 e. The summed E-state index contributed by atoms with van der Waals surface area (Å²) in [6, 6.07) is 0.743. The average molecular weight is 184 g/mol. The fourth-order valence-electron chi connectivity index (χ4n) is 2.25. The molecule has 1 fully saturated rings. The topological polar surface area (TPSA) is 6.48 Å². The first-order valence-electron chi connectivity index (χ1n) is 5.54. The second-order valence-electron chi connectivity index (χ2n) is 4.48. The molecule has 0 aromatic rings. The number of hydrogen-bond donors (Lipinski definition) is 0. The molecule has 2 unspecified atom stereocenters. The van der Waals surface area contributed by atoms with Crippen molar-refractivity contribution in [3.05, 3.63) is 0 Å². The molecular formula is C11H24N2. The third kappa shape index (κ3) is 2.96. The fourth-order valence-corrected chi connectivity index (χ4v) is 2.25. The van der Waals surface area contributed by atoms with Gasteiger partial charge in [-0.05, 0) is 52.9 Å². The first-order valence-corrected chi connectivity index (χ1v) is 5.54. The van der Waals surface area contributed by atoms with Gasteiger partial charge < -0.3 is 9.80 Å². The number of hydrogen-bond acceptors (Lipinski definition) is 2. The summed E-state index contributed by atoms with van der Waals surface area (Å²) < 4.78 is 0. The van der Waals surface area contributed by atoms with E-state index in [9.17, 15) is 0 Å². The Labute approximate surface area is 82.9 Å². The Balaban J connectivity index is 2.41. The maximum atomic E-state index is 2.47. The van der Waals surface area contributed by atoms with Crippen LogP contribution in [0, 0.1) is 5.92 Å².